The van der Waals surface area contributed by atoms with Crippen LogP contribution in [-0.4, -0.2) is 58.6 Å². The highest BCUT2D eigenvalue weighted by molar-refractivity contribution is 5.40. The van der Waals surface area contributed by atoms with Gasteiger partial charge in [0.15, 0.2) is 11.6 Å². The summed E-state index contributed by atoms with van der Waals surface area (Å²) in [4.78, 5) is 8.93. The summed E-state index contributed by atoms with van der Waals surface area (Å²) in [5.41, 5.74) is 2.07. The molecular weight excluding hydrogens is 409 g/mol. The van der Waals surface area contributed by atoms with Gasteiger partial charge in [-0.2, -0.15) is 5.10 Å². The minimum absolute atomic E-state index is 0.0801. The van der Waals surface area contributed by atoms with Gasteiger partial charge in [0.1, 0.15) is 5.75 Å². The van der Waals surface area contributed by atoms with E-state index in [0.29, 0.717) is 25.2 Å². The lowest BCUT2D eigenvalue weighted by Crippen LogP contribution is -2.68. The van der Waals surface area contributed by atoms with Crippen LogP contribution in [0.5, 0.6) is 11.6 Å². The molecule has 168 valence electrons. The Bertz CT molecular complexity index is 1060. The molecule has 5 heterocycles. The Hall–Kier alpha value is -3.13. The van der Waals surface area contributed by atoms with E-state index < -0.39 is 0 Å². The maximum Gasteiger partial charge on any atom is 0.250 e. The Morgan fingerprint density at radius 1 is 1.06 bits per heavy atom. The largest absolute Gasteiger partial charge is 0.497 e. The number of ether oxygens (including phenoxy) is 2. The maximum atomic E-state index is 14.1. The van der Waals surface area contributed by atoms with Gasteiger partial charge in [-0.3, -0.25) is 9.58 Å². The molecule has 32 heavy (non-hydrogen) atoms. The van der Waals surface area contributed by atoms with Gasteiger partial charge in [-0.15, -0.1) is 0 Å². The van der Waals surface area contributed by atoms with Gasteiger partial charge in [-0.1, -0.05) is 12.1 Å². The van der Waals surface area contributed by atoms with E-state index in [0.717, 1.165) is 36.8 Å². The first-order valence-electron chi connectivity index (χ1n) is 11.1. The molecule has 0 spiro atoms. The van der Waals surface area contributed by atoms with E-state index in [1.54, 1.807) is 19.4 Å². The summed E-state index contributed by atoms with van der Waals surface area (Å²) < 4.78 is 26.6. The fraction of sp³-hybridized carbons (Fsp3) is 0.417. The minimum atomic E-state index is -0.390. The Morgan fingerprint density at radius 2 is 1.84 bits per heavy atom. The highest BCUT2D eigenvalue weighted by atomic mass is 19.1. The van der Waals surface area contributed by atoms with Crippen molar-refractivity contribution in [1.29, 1.82) is 0 Å². The molecule has 3 aromatic rings. The Labute approximate surface area is 187 Å². The second-order valence-corrected chi connectivity index (χ2v) is 8.40. The number of piperidine rings is 1. The quantitative estimate of drug-likeness (QED) is 0.539. The molecule has 1 aromatic carbocycles. The normalized spacial score (nSPS) is 20.2. The lowest BCUT2D eigenvalue weighted by Gasteiger charge is -2.56. The topological polar surface area (TPSA) is 55.7 Å². The van der Waals surface area contributed by atoms with E-state index in [1.165, 1.54) is 12.0 Å². The number of rotatable bonds is 8. The molecule has 3 saturated heterocycles. The summed E-state index contributed by atoms with van der Waals surface area (Å²) in [6, 6.07) is 12.6. The van der Waals surface area contributed by atoms with Gasteiger partial charge in [0, 0.05) is 50.2 Å². The molecule has 2 unspecified atom stereocenters. The Balaban J connectivity index is 1.18. The number of methoxy groups -OCH3 is 1. The first kappa shape index (κ1) is 20.8. The number of anilines is 1. The molecule has 0 amide bonds. The summed E-state index contributed by atoms with van der Waals surface area (Å²) in [5, 5.41) is 4.79. The van der Waals surface area contributed by atoms with Crippen LogP contribution in [0, 0.1) is 5.82 Å². The fourth-order valence-electron chi connectivity index (χ4n) is 4.66. The van der Waals surface area contributed by atoms with Crippen molar-refractivity contribution in [2.24, 2.45) is 0 Å². The highest BCUT2D eigenvalue weighted by Crippen LogP contribution is 2.35. The van der Waals surface area contributed by atoms with Crippen LogP contribution in [-0.2, 0) is 13.1 Å². The molecule has 2 atom stereocenters. The summed E-state index contributed by atoms with van der Waals surface area (Å²) in [7, 11) is 1.67. The summed E-state index contributed by atoms with van der Waals surface area (Å²) >= 11 is 0. The molecule has 6 rings (SSSR count). The third-order valence-electron chi connectivity index (χ3n) is 6.31. The molecule has 0 N–H and O–H groups in total. The smallest absolute Gasteiger partial charge is 0.250 e. The summed E-state index contributed by atoms with van der Waals surface area (Å²) in [5.74, 6) is 1.56. The second kappa shape index (κ2) is 8.78. The lowest BCUT2D eigenvalue weighted by atomic mass is 9.87. The van der Waals surface area contributed by atoms with Crippen molar-refractivity contribution in [2.45, 2.75) is 38.5 Å². The Morgan fingerprint density at radius 3 is 2.53 bits per heavy atom. The molecular formula is C24H28FN5O2. The van der Waals surface area contributed by atoms with E-state index >= 15 is 0 Å². The van der Waals surface area contributed by atoms with E-state index in [4.69, 9.17) is 14.6 Å². The minimum Gasteiger partial charge on any atom is -0.497 e. The highest BCUT2D eigenvalue weighted by Gasteiger charge is 2.44. The first-order chi connectivity index (χ1) is 15.6. The summed E-state index contributed by atoms with van der Waals surface area (Å²) in [6.45, 7) is 5.54. The van der Waals surface area contributed by atoms with Gasteiger partial charge in [-0.25, -0.2) is 9.37 Å². The van der Waals surface area contributed by atoms with Gasteiger partial charge >= 0.3 is 0 Å². The van der Waals surface area contributed by atoms with E-state index in [-0.39, 0.29) is 11.7 Å². The van der Waals surface area contributed by atoms with Crippen molar-refractivity contribution in [3.05, 3.63) is 65.7 Å². The number of nitrogens with zero attached hydrogens (tertiary/aromatic N) is 5. The van der Waals surface area contributed by atoms with Crippen LogP contribution < -0.4 is 14.4 Å². The number of hydrogen-bond donors (Lipinski definition) is 0. The zero-order chi connectivity index (χ0) is 22.1. The average Bonchev–Trinajstić information content (AvgIpc) is 3.28. The van der Waals surface area contributed by atoms with Gasteiger partial charge in [0.2, 0.25) is 5.88 Å². The van der Waals surface area contributed by atoms with Crippen molar-refractivity contribution in [1.82, 2.24) is 19.7 Å². The molecule has 8 heteroatoms. The van der Waals surface area contributed by atoms with Crippen LogP contribution in [0.2, 0.25) is 0 Å². The van der Waals surface area contributed by atoms with Crippen molar-refractivity contribution in [3.8, 4) is 11.6 Å². The third-order valence-corrected chi connectivity index (χ3v) is 6.31. The monoisotopic (exact) mass is 437 g/mol. The van der Waals surface area contributed by atoms with Crippen molar-refractivity contribution < 1.29 is 13.9 Å². The van der Waals surface area contributed by atoms with Crippen LogP contribution >= 0.6 is 0 Å². The van der Waals surface area contributed by atoms with Gasteiger partial charge in [0.25, 0.3) is 0 Å². The van der Waals surface area contributed by atoms with Gasteiger partial charge in [0.05, 0.1) is 20.3 Å². The molecule has 0 saturated carbocycles. The number of hydrogen-bond acceptors (Lipinski definition) is 6. The van der Waals surface area contributed by atoms with Gasteiger partial charge in [-0.05, 0) is 42.7 Å². The predicted molar refractivity (Wildman–Crippen MR) is 120 cm³/mol. The lowest BCUT2D eigenvalue weighted by molar-refractivity contribution is -0.00888. The maximum absolute atomic E-state index is 14.1. The van der Waals surface area contributed by atoms with E-state index in [2.05, 4.69) is 33.0 Å². The standard InChI is InChI=1S/C24H28FN5O2/c1-3-32-24-22(25)10-18(12-26-24)14-30-19-11-20(30)16-28(15-19)23-8-9-29(27-23)13-17-4-6-21(31-2)7-5-17/h4-10,12,19-20H,3,11,13-16H2,1-2H3. The number of fused-ring (bicyclic) bond motifs is 2. The Kier molecular flexibility index (Phi) is 5.70. The average molecular weight is 438 g/mol. The molecule has 3 aliphatic rings. The summed E-state index contributed by atoms with van der Waals surface area (Å²) in [6.07, 6.45) is 4.93. The molecule has 0 radical (unpaired) electrons. The predicted octanol–water partition coefficient (Wildman–Crippen LogP) is 3.34. The zero-order valence-corrected chi connectivity index (χ0v) is 18.4. The van der Waals surface area contributed by atoms with Crippen LogP contribution in [0.1, 0.15) is 24.5 Å². The molecule has 7 nitrogen and oxygen atoms in total. The molecule has 0 aliphatic carbocycles. The van der Waals surface area contributed by atoms with Crippen molar-refractivity contribution >= 4 is 5.82 Å². The van der Waals surface area contributed by atoms with Crippen LogP contribution in [0.3, 0.4) is 0 Å². The zero-order valence-electron chi connectivity index (χ0n) is 18.4. The number of piperazine rings is 1. The first-order valence-corrected chi connectivity index (χ1v) is 11.1. The van der Waals surface area contributed by atoms with Crippen molar-refractivity contribution in [2.75, 3.05) is 31.7 Å². The van der Waals surface area contributed by atoms with E-state index in [9.17, 15) is 4.39 Å². The number of benzene rings is 1. The van der Waals surface area contributed by atoms with Crippen LogP contribution in [0.25, 0.3) is 0 Å². The molecule has 2 aromatic heterocycles. The second-order valence-electron chi connectivity index (χ2n) is 8.40. The number of aromatic nitrogens is 3. The molecule has 2 bridgehead atoms. The third kappa shape index (κ3) is 4.14. The number of pyridine rings is 1. The van der Waals surface area contributed by atoms with Crippen LogP contribution in [0.15, 0.2) is 48.8 Å². The van der Waals surface area contributed by atoms with Crippen LogP contribution in [0.4, 0.5) is 10.2 Å². The van der Waals surface area contributed by atoms with Crippen molar-refractivity contribution in [3.63, 3.8) is 0 Å². The number of halogens is 1. The molecule has 3 aliphatic heterocycles. The van der Waals surface area contributed by atoms with E-state index in [1.807, 2.05) is 29.9 Å². The fourth-order valence-corrected chi connectivity index (χ4v) is 4.66. The SMILES string of the molecule is CCOc1ncc(CN2C3CC2CN(c2ccn(Cc4ccc(OC)cc4)n2)C3)cc1F. The van der Waals surface area contributed by atoms with Gasteiger partial charge < -0.3 is 14.4 Å². The molecule has 3 fully saturated rings.